The van der Waals surface area contributed by atoms with E-state index in [9.17, 15) is 14.4 Å². The zero-order chi connectivity index (χ0) is 21.5. The van der Waals surface area contributed by atoms with E-state index in [-0.39, 0.29) is 18.2 Å². The predicted octanol–water partition coefficient (Wildman–Crippen LogP) is 2.83. The SMILES string of the molecule is Cc1ccc(C=C2SC(=S)N(CCCC(=O)NNC(=O)c3cccnc3)C2=O)cc1. The second-order valence-electron chi connectivity index (χ2n) is 6.59. The summed E-state index contributed by atoms with van der Waals surface area (Å²) in [5, 5.41) is 0. The van der Waals surface area contributed by atoms with E-state index in [1.165, 1.54) is 22.9 Å². The number of hydrogen-bond donors (Lipinski definition) is 2. The summed E-state index contributed by atoms with van der Waals surface area (Å²) in [4.78, 5) is 42.4. The number of aryl methyl sites for hydroxylation is 1. The van der Waals surface area contributed by atoms with Gasteiger partial charge in [-0.1, -0.05) is 53.8 Å². The molecule has 0 atom stereocenters. The number of nitrogens with one attached hydrogen (secondary N) is 2. The van der Waals surface area contributed by atoms with Crippen LogP contribution in [0, 0.1) is 6.92 Å². The number of carbonyl (C=O) groups excluding carboxylic acids is 3. The minimum Gasteiger partial charge on any atom is -0.293 e. The van der Waals surface area contributed by atoms with Crippen molar-refractivity contribution in [2.24, 2.45) is 0 Å². The molecule has 1 aromatic carbocycles. The zero-order valence-corrected chi connectivity index (χ0v) is 17.9. The Morgan fingerprint density at radius 3 is 2.67 bits per heavy atom. The summed E-state index contributed by atoms with van der Waals surface area (Å²) in [6, 6.07) is 11.1. The number of pyridine rings is 1. The summed E-state index contributed by atoms with van der Waals surface area (Å²) in [6.07, 6.45) is 5.33. The van der Waals surface area contributed by atoms with E-state index < -0.39 is 5.91 Å². The number of aromatic nitrogens is 1. The van der Waals surface area contributed by atoms with Crippen molar-refractivity contribution in [3.8, 4) is 0 Å². The molecule has 1 aliphatic heterocycles. The molecule has 1 saturated heterocycles. The fourth-order valence-electron chi connectivity index (χ4n) is 2.66. The van der Waals surface area contributed by atoms with Gasteiger partial charge in [-0.3, -0.25) is 35.1 Å². The molecule has 0 unspecified atom stereocenters. The van der Waals surface area contributed by atoms with Crippen LogP contribution >= 0.6 is 24.0 Å². The van der Waals surface area contributed by atoms with Gasteiger partial charge in [0.05, 0.1) is 10.5 Å². The first-order valence-electron chi connectivity index (χ1n) is 9.25. The number of nitrogens with zero attached hydrogens (tertiary/aromatic N) is 2. The molecule has 3 rings (SSSR count). The molecule has 1 fully saturated rings. The number of rotatable bonds is 6. The molecule has 0 spiro atoms. The van der Waals surface area contributed by atoms with E-state index in [1.54, 1.807) is 18.3 Å². The minimum absolute atomic E-state index is 0.140. The van der Waals surface area contributed by atoms with E-state index in [4.69, 9.17) is 12.2 Å². The first-order chi connectivity index (χ1) is 14.4. The number of hydrazine groups is 1. The first kappa shape index (κ1) is 21.7. The highest BCUT2D eigenvalue weighted by atomic mass is 32.2. The maximum absolute atomic E-state index is 12.6. The molecule has 2 aromatic rings. The highest BCUT2D eigenvalue weighted by Gasteiger charge is 2.31. The Hall–Kier alpha value is -3.04. The van der Waals surface area contributed by atoms with Gasteiger partial charge in [0.25, 0.3) is 11.8 Å². The van der Waals surface area contributed by atoms with E-state index in [0.717, 1.165) is 11.1 Å². The van der Waals surface area contributed by atoms with Crippen molar-refractivity contribution in [3.63, 3.8) is 0 Å². The Bertz CT molecular complexity index is 991. The number of thioether (sulfide) groups is 1. The fraction of sp³-hybridized carbons (Fsp3) is 0.190. The van der Waals surface area contributed by atoms with Crippen molar-refractivity contribution < 1.29 is 14.4 Å². The molecule has 3 amide bonds. The fourth-order valence-corrected chi connectivity index (χ4v) is 3.97. The van der Waals surface area contributed by atoms with Crippen molar-refractivity contribution in [1.29, 1.82) is 0 Å². The second-order valence-corrected chi connectivity index (χ2v) is 8.27. The Labute approximate surface area is 183 Å². The topological polar surface area (TPSA) is 91.4 Å². The minimum atomic E-state index is -0.449. The highest BCUT2D eigenvalue weighted by molar-refractivity contribution is 8.26. The van der Waals surface area contributed by atoms with Crippen LogP contribution in [0.15, 0.2) is 53.7 Å². The van der Waals surface area contributed by atoms with Gasteiger partial charge in [0, 0.05) is 25.4 Å². The molecule has 0 aliphatic carbocycles. The molecular weight excluding hydrogens is 420 g/mol. The normalized spacial score (nSPS) is 14.8. The molecule has 1 aliphatic rings. The molecule has 0 radical (unpaired) electrons. The van der Waals surface area contributed by atoms with Gasteiger partial charge in [0.15, 0.2) is 0 Å². The second kappa shape index (κ2) is 10.1. The highest BCUT2D eigenvalue weighted by Crippen LogP contribution is 2.32. The maximum atomic E-state index is 12.6. The smallest absolute Gasteiger partial charge is 0.271 e. The van der Waals surface area contributed by atoms with Gasteiger partial charge in [-0.2, -0.15) is 0 Å². The van der Waals surface area contributed by atoms with Gasteiger partial charge in [-0.25, -0.2) is 0 Å². The third kappa shape index (κ3) is 5.74. The molecule has 0 saturated carbocycles. The predicted molar refractivity (Wildman–Crippen MR) is 120 cm³/mol. The van der Waals surface area contributed by atoms with Crippen LogP contribution in [-0.4, -0.2) is 38.5 Å². The Kier molecular flexibility index (Phi) is 7.31. The van der Waals surface area contributed by atoms with Crippen LogP contribution in [0.3, 0.4) is 0 Å². The van der Waals surface area contributed by atoms with Crippen molar-refractivity contribution in [2.45, 2.75) is 19.8 Å². The van der Waals surface area contributed by atoms with Crippen LogP contribution in [0.5, 0.6) is 0 Å². The van der Waals surface area contributed by atoms with Gasteiger partial charge in [0.2, 0.25) is 5.91 Å². The Morgan fingerprint density at radius 2 is 1.97 bits per heavy atom. The number of thiocarbonyl (C=S) groups is 1. The quantitative estimate of drug-likeness (QED) is 0.408. The first-order valence-corrected chi connectivity index (χ1v) is 10.5. The van der Waals surface area contributed by atoms with Crippen molar-refractivity contribution in [1.82, 2.24) is 20.7 Å². The van der Waals surface area contributed by atoms with Gasteiger partial charge in [-0.15, -0.1) is 0 Å². The average molecular weight is 441 g/mol. The van der Waals surface area contributed by atoms with E-state index in [2.05, 4.69) is 15.8 Å². The van der Waals surface area contributed by atoms with Crippen molar-refractivity contribution in [3.05, 3.63) is 70.4 Å². The summed E-state index contributed by atoms with van der Waals surface area (Å²) in [7, 11) is 0. The molecule has 154 valence electrons. The molecular formula is C21H20N4O3S2. The largest absolute Gasteiger partial charge is 0.293 e. The van der Waals surface area contributed by atoms with Crippen molar-refractivity contribution in [2.75, 3.05) is 6.54 Å². The van der Waals surface area contributed by atoms with Crippen LogP contribution < -0.4 is 10.9 Å². The van der Waals surface area contributed by atoms with Crippen LogP contribution in [-0.2, 0) is 9.59 Å². The lowest BCUT2D eigenvalue weighted by Crippen LogP contribution is -2.42. The third-order valence-electron chi connectivity index (χ3n) is 4.27. The summed E-state index contributed by atoms with van der Waals surface area (Å²) in [6.45, 7) is 2.34. The molecule has 2 heterocycles. The van der Waals surface area contributed by atoms with E-state index in [1.807, 2.05) is 37.3 Å². The van der Waals surface area contributed by atoms with Gasteiger partial charge < -0.3 is 0 Å². The Balaban J connectivity index is 1.45. The lowest BCUT2D eigenvalue weighted by molar-refractivity contribution is -0.124. The summed E-state index contributed by atoms with van der Waals surface area (Å²) in [5.74, 6) is -0.960. The van der Waals surface area contributed by atoms with Gasteiger partial charge >= 0.3 is 0 Å². The maximum Gasteiger partial charge on any atom is 0.271 e. The average Bonchev–Trinajstić information content (AvgIpc) is 3.01. The summed E-state index contributed by atoms with van der Waals surface area (Å²) >= 11 is 6.57. The molecule has 1 aromatic heterocycles. The van der Waals surface area contributed by atoms with Crippen LogP contribution in [0.4, 0.5) is 0 Å². The lowest BCUT2D eigenvalue weighted by Gasteiger charge is -2.14. The van der Waals surface area contributed by atoms with Crippen LogP contribution in [0.25, 0.3) is 6.08 Å². The molecule has 9 heteroatoms. The number of benzene rings is 1. The standard InChI is InChI=1S/C21H20N4O3S2/c1-14-6-8-15(9-7-14)12-17-20(28)25(21(29)30-17)11-3-5-18(26)23-24-19(27)16-4-2-10-22-13-16/h2,4,6-10,12-13H,3,5,11H2,1H3,(H,23,26)(H,24,27). The number of carbonyl (C=O) groups is 3. The summed E-state index contributed by atoms with van der Waals surface area (Å²) in [5.41, 5.74) is 7.12. The Morgan fingerprint density at radius 1 is 1.20 bits per heavy atom. The molecule has 2 N–H and O–H groups in total. The third-order valence-corrected chi connectivity index (χ3v) is 5.65. The van der Waals surface area contributed by atoms with E-state index in [0.29, 0.717) is 27.8 Å². The zero-order valence-electron chi connectivity index (χ0n) is 16.3. The molecule has 0 bridgehead atoms. The summed E-state index contributed by atoms with van der Waals surface area (Å²) < 4.78 is 0.476. The van der Waals surface area contributed by atoms with E-state index >= 15 is 0 Å². The van der Waals surface area contributed by atoms with Crippen LogP contribution in [0.2, 0.25) is 0 Å². The lowest BCUT2D eigenvalue weighted by atomic mass is 10.1. The van der Waals surface area contributed by atoms with Crippen molar-refractivity contribution >= 4 is 52.1 Å². The molecule has 30 heavy (non-hydrogen) atoms. The monoisotopic (exact) mass is 440 g/mol. The van der Waals surface area contributed by atoms with Gasteiger partial charge in [-0.05, 0) is 37.1 Å². The number of amides is 3. The van der Waals surface area contributed by atoms with Gasteiger partial charge in [0.1, 0.15) is 4.32 Å². The van der Waals surface area contributed by atoms with Crippen LogP contribution in [0.1, 0.15) is 34.3 Å². The molecule has 7 nitrogen and oxygen atoms in total. The number of hydrogen-bond acceptors (Lipinski definition) is 6.